The molecule has 3 rings (SSSR count). The third-order valence-corrected chi connectivity index (χ3v) is 5.26. The van der Waals surface area contributed by atoms with Crippen LogP contribution in [0.15, 0.2) is 18.2 Å². The van der Waals surface area contributed by atoms with Crippen LogP contribution in [-0.4, -0.2) is 18.7 Å². The second-order valence-electron chi connectivity index (χ2n) is 6.70. The van der Waals surface area contributed by atoms with Crippen molar-refractivity contribution in [2.45, 2.75) is 38.7 Å². The van der Waals surface area contributed by atoms with Gasteiger partial charge in [-0.05, 0) is 61.6 Å². The van der Waals surface area contributed by atoms with E-state index in [0.29, 0.717) is 11.3 Å². The van der Waals surface area contributed by atoms with Crippen LogP contribution in [0.1, 0.15) is 44.3 Å². The van der Waals surface area contributed by atoms with Gasteiger partial charge >= 0.3 is 0 Å². The van der Waals surface area contributed by atoms with Crippen molar-refractivity contribution in [1.29, 1.82) is 0 Å². The standard InChI is InChI=1S/C17H24FNO/c1-11(20)13-5-6-17(16(18)9-13)19(2)10-15-8-12-3-4-14(15)7-12/h5-6,9,11-12,14-15,20H,3-4,7-8,10H2,1-2H3. The molecule has 20 heavy (non-hydrogen) atoms. The van der Waals surface area contributed by atoms with Gasteiger partial charge in [-0.3, -0.25) is 0 Å². The summed E-state index contributed by atoms with van der Waals surface area (Å²) in [5.74, 6) is 2.30. The summed E-state index contributed by atoms with van der Waals surface area (Å²) in [6.45, 7) is 2.61. The fourth-order valence-electron chi connectivity index (χ4n) is 4.14. The maximum atomic E-state index is 14.2. The molecule has 0 aliphatic heterocycles. The predicted molar refractivity (Wildman–Crippen MR) is 79.2 cm³/mol. The summed E-state index contributed by atoms with van der Waals surface area (Å²) in [7, 11) is 1.98. The first-order chi connectivity index (χ1) is 9.54. The van der Waals surface area contributed by atoms with Crippen LogP contribution in [0.2, 0.25) is 0 Å². The van der Waals surface area contributed by atoms with Crippen molar-refractivity contribution in [3.05, 3.63) is 29.6 Å². The number of anilines is 1. The van der Waals surface area contributed by atoms with Crippen molar-refractivity contribution in [2.24, 2.45) is 17.8 Å². The molecule has 0 radical (unpaired) electrons. The highest BCUT2D eigenvalue weighted by atomic mass is 19.1. The van der Waals surface area contributed by atoms with E-state index in [1.165, 1.54) is 31.7 Å². The molecular weight excluding hydrogens is 253 g/mol. The van der Waals surface area contributed by atoms with Crippen LogP contribution in [0.4, 0.5) is 10.1 Å². The van der Waals surface area contributed by atoms with E-state index in [9.17, 15) is 9.50 Å². The van der Waals surface area contributed by atoms with Crippen molar-refractivity contribution in [2.75, 3.05) is 18.5 Å². The predicted octanol–water partition coefficient (Wildman–Crippen LogP) is 3.75. The van der Waals surface area contributed by atoms with Gasteiger partial charge in [0, 0.05) is 13.6 Å². The van der Waals surface area contributed by atoms with Crippen LogP contribution in [0, 0.1) is 23.6 Å². The van der Waals surface area contributed by atoms with Crippen molar-refractivity contribution >= 4 is 5.69 Å². The van der Waals surface area contributed by atoms with Gasteiger partial charge in [0.15, 0.2) is 0 Å². The van der Waals surface area contributed by atoms with Gasteiger partial charge in [0.05, 0.1) is 11.8 Å². The molecule has 4 unspecified atom stereocenters. The first-order valence-corrected chi connectivity index (χ1v) is 7.73. The second kappa shape index (κ2) is 5.36. The molecule has 1 N–H and O–H groups in total. The summed E-state index contributed by atoms with van der Waals surface area (Å²) < 4.78 is 14.2. The van der Waals surface area contributed by atoms with Gasteiger partial charge in [0.2, 0.25) is 0 Å². The lowest BCUT2D eigenvalue weighted by atomic mass is 9.88. The third kappa shape index (κ3) is 2.56. The maximum Gasteiger partial charge on any atom is 0.146 e. The Morgan fingerprint density at radius 3 is 2.70 bits per heavy atom. The largest absolute Gasteiger partial charge is 0.389 e. The third-order valence-electron chi connectivity index (χ3n) is 5.26. The number of benzene rings is 1. The summed E-state index contributed by atoms with van der Waals surface area (Å²) in [5.41, 5.74) is 1.29. The summed E-state index contributed by atoms with van der Waals surface area (Å²) in [4.78, 5) is 2.05. The van der Waals surface area contributed by atoms with Crippen LogP contribution >= 0.6 is 0 Å². The van der Waals surface area contributed by atoms with Crippen LogP contribution in [0.25, 0.3) is 0 Å². The summed E-state index contributed by atoms with van der Waals surface area (Å²) in [6, 6.07) is 5.07. The van der Waals surface area contributed by atoms with E-state index in [2.05, 4.69) is 0 Å². The zero-order valence-electron chi connectivity index (χ0n) is 12.3. The average molecular weight is 277 g/mol. The van der Waals surface area contributed by atoms with Gasteiger partial charge < -0.3 is 10.0 Å². The molecule has 2 nitrogen and oxygen atoms in total. The highest BCUT2D eigenvalue weighted by Gasteiger charge is 2.39. The molecule has 0 saturated heterocycles. The normalized spacial score (nSPS) is 29.7. The van der Waals surface area contributed by atoms with Gasteiger partial charge in [-0.2, -0.15) is 0 Å². The topological polar surface area (TPSA) is 23.5 Å². The molecule has 2 aliphatic rings. The zero-order chi connectivity index (χ0) is 14.3. The number of halogens is 1. The first kappa shape index (κ1) is 13.9. The molecule has 2 saturated carbocycles. The quantitative estimate of drug-likeness (QED) is 0.906. The molecule has 110 valence electrons. The van der Waals surface area contributed by atoms with E-state index >= 15 is 0 Å². The minimum absolute atomic E-state index is 0.228. The highest BCUT2D eigenvalue weighted by Crippen LogP contribution is 2.48. The Morgan fingerprint density at radius 2 is 2.15 bits per heavy atom. The Balaban J connectivity index is 1.69. The molecular formula is C17H24FNO. The molecule has 1 aromatic rings. The van der Waals surface area contributed by atoms with E-state index in [-0.39, 0.29) is 5.82 Å². The lowest BCUT2D eigenvalue weighted by molar-refractivity contribution is 0.199. The molecule has 0 aromatic heterocycles. The molecule has 0 spiro atoms. The van der Waals surface area contributed by atoms with Gasteiger partial charge in [0.1, 0.15) is 5.82 Å². The fourth-order valence-corrected chi connectivity index (χ4v) is 4.14. The average Bonchev–Trinajstić information content (AvgIpc) is 3.00. The SMILES string of the molecule is CC(O)c1ccc(N(C)CC2CC3CCC2C3)c(F)c1. The smallest absolute Gasteiger partial charge is 0.146 e. The number of aliphatic hydroxyl groups excluding tert-OH is 1. The maximum absolute atomic E-state index is 14.2. The lowest BCUT2D eigenvalue weighted by Crippen LogP contribution is -2.29. The van der Waals surface area contributed by atoms with Crippen LogP contribution in [-0.2, 0) is 0 Å². The molecule has 3 heteroatoms. The molecule has 2 fully saturated rings. The van der Waals surface area contributed by atoms with Gasteiger partial charge in [-0.15, -0.1) is 0 Å². The van der Waals surface area contributed by atoms with Crippen molar-refractivity contribution in [3.8, 4) is 0 Å². The molecule has 0 heterocycles. The second-order valence-corrected chi connectivity index (χ2v) is 6.70. The van der Waals surface area contributed by atoms with Gasteiger partial charge in [-0.25, -0.2) is 4.39 Å². The number of rotatable bonds is 4. The van der Waals surface area contributed by atoms with E-state index < -0.39 is 6.10 Å². The zero-order valence-corrected chi connectivity index (χ0v) is 12.3. The van der Waals surface area contributed by atoms with Crippen molar-refractivity contribution in [1.82, 2.24) is 0 Å². The Bertz CT molecular complexity index is 488. The first-order valence-electron chi connectivity index (χ1n) is 7.73. The highest BCUT2D eigenvalue weighted by molar-refractivity contribution is 5.49. The van der Waals surface area contributed by atoms with E-state index in [0.717, 1.165) is 24.3 Å². The number of aliphatic hydroxyl groups is 1. The Hall–Kier alpha value is -1.09. The van der Waals surface area contributed by atoms with Crippen LogP contribution in [0.5, 0.6) is 0 Å². The minimum Gasteiger partial charge on any atom is -0.389 e. The van der Waals surface area contributed by atoms with Crippen molar-refractivity contribution in [3.63, 3.8) is 0 Å². The Labute approximate surface area is 120 Å². The number of fused-ring (bicyclic) bond motifs is 2. The number of nitrogens with zero attached hydrogens (tertiary/aromatic N) is 1. The summed E-state index contributed by atoms with van der Waals surface area (Å²) in [5, 5.41) is 9.50. The van der Waals surface area contributed by atoms with E-state index in [1.54, 1.807) is 13.0 Å². The summed E-state index contributed by atoms with van der Waals surface area (Å²) in [6.07, 6.45) is 4.87. The van der Waals surface area contributed by atoms with Crippen LogP contribution < -0.4 is 4.90 Å². The molecule has 1 aromatic carbocycles. The molecule has 4 atom stereocenters. The van der Waals surface area contributed by atoms with Gasteiger partial charge in [-0.1, -0.05) is 12.5 Å². The van der Waals surface area contributed by atoms with E-state index in [1.807, 2.05) is 18.0 Å². The monoisotopic (exact) mass is 277 g/mol. The van der Waals surface area contributed by atoms with Crippen molar-refractivity contribution < 1.29 is 9.50 Å². The Morgan fingerprint density at radius 1 is 1.35 bits per heavy atom. The molecule has 0 amide bonds. The lowest BCUT2D eigenvalue weighted by Gasteiger charge is -2.29. The minimum atomic E-state index is -0.616. The number of hydrogen-bond acceptors (Lipinski definition) is 2. The Kier molecular flexibility index (Phi) is 3.72. The fraction of sp³-hybridized carbons (Fsp3) is 0.647. The number of hydrogen-bond donors (Lipinski definition) is 1. The summed E-state index contributed by atoms with van der Waals surface area (Å²) >= 11 is 0. The van der Waals surface area contributed by atoms with E-state index in [4.69, 9.17) is 0 Å². The molecule has 2 aliphatic carbocycles. The van der Waals surface area contributed by atoms with Crippen LogP contribution in [0.3, 0.4) is 0 Å². The molecule has 2 bridgehead atoms. The van der Waals surface area contributed by atoms with Gasteiger partial charge in [0.25, 0.3) is 0 Å².